The fourth-order valence-electron chi connectivity index (χ4n) is 5.51. The predicted octanol–water partition coefficient (Wildman–Crippen LogP) is 3.98. The number of hydrogen-bond acceptors (Lipinski definition) is 4. The van der Waals surface area contributed by atoms with Gasteiger partial charge in [-0.2, -0.15) is 0 Å². The smallest absolute Gasteiger partial charge is 0.408 e. The average Bonchev–Trinajstić information content (AvgIpc) is 3.56. The van der Waals surface area contributed by atoms with Crippen LogP contribution in [0, 0.1) is 5.92 Å². The zero-order valence-corrected chi connectivity index (χ0v) is 18.8. The molecular weight excluding hydrogens is 432 g/mol. The molecular formula is C27H28N2O5. The lowest BCUT2D eigenvalue weighted by Gasteiger charge is -2.30. The van der Waals surface area contributed by atoms with Crippen LogP contribution >= 0.6 is 0 Å². The number of benzene rings is 2. The molecule has 0 spiro atoms. The third kappa shape index (κ3) is 4.06. The van der Waals surface area contributed by atoms with Gasteiger partial charge in [0.25, 0.3) is 0 Å². The minimum Gasteiger partial charge on any atom is -0.481 e. The highest BCUT2D eigenvalue weighted by Gasteiger charge is 2.44. The Bertz CT molecular complexity index is 1110. The SMILES string of the molecule is O=C(NC1(C(=O)NC2C=CC(C(=O)O)C2)CCCC1)OCC1c2ccccc2-c2ccccc21. The molecule has 0 radical (unpaired) electrons. The molecule has 7 heteroatoms. The molecule has 0 aliphatic heterocycles. The Kier molecular flexibility index (Phi) is 5.86. The number of ether oxygens (including phenoxy) is 1. The van der Waals surface area contributed by atoms with Gasteiger partial charge in [-0.3, -0.25) is 9.59 Å². The van der Waals surface area contributed by atoms with Crippen molar-refractivity contribution in [2.45, 2.75) is 49.6 Å². The molecule has 2 aromatic carbocycles. The minimum atomic E-state index is -1.03. The maximum Gasteiger partial charge on any atom is 0.408 e. The number of carbonyl (C=O) groups is 3. The minimum absolute atomic E-state index is 0.0527. The highest BCUT2D eigenvalue weighted by atomic mass is 16.5. The molecule has 3 N–H and O–H groups in total. The molecule has 2 amide bonds. The summed E-state index contributed by atoms with van der Waals surface area (Å²) >= 11 is 0. The molecule has 7 nitrogen and oxygen atoms in total. The van der Waals surface area contributed by atoms with Gasteiger partial charge in [-0.05, 0) is 41.5 Å². The van der Waals surface area contributed by atoms with Crippen LogP contribution in [0.4, 0.5) is 4.79 Å². The Morgan fingerprint density at radius 2 is 1.56 bits per heavy atom. The third-order valence-electron chi connectivity index (χ3n) is 7.29. The quantitative estimate of drug-likeness (QED) is 0.566. The second-order valence-corrected chi connectivity index (χ2v) is 9.39. The first-order valence-electron chi connectivity index (χ1n) is 11.8. The second-order valence-electron chi connectivity index (χ2n) is 9.39. The van der Waals surface area contributed by atoms with Crippen molar-refractivity contribution in [1.82, 2.24) is 10.6 Å². The van der Waals surface area contributed by atoms with Crippen molar-refractivity contribution >= 4 is 18.0 Å². The predicted molar refractivity (Wildman–Crippen MR) is 126 cm³/mol. The number of fused-ring (bicyclic) bond motifs is 3. The average molecular weight is 461 g/mol. The molecule has 1 saturated carbocycles. The normalized spacial score (nSPS) is 22.1. The van der Waals surface area contributed by atoms with E-state index in [9.17, 15) is 19.5 Å². The van der Waals surface area contributed by atoms with Crippen LogP contribution in [-0.2, 0) is 14.3 Å². The van der Waals surface area contributed by atoms with E-state index in [-0.39, 0.29) is 24.5 Å². The molecule has 34 heavy (non-hydrogen) atoms. The number of amides is 2. The number of hydrogen-bond donors (Lipinski definition) is 3. The molecule has 2 unspecified atom stereocenters. The lowest BCUT2D eigenvalue weighted by atomic mass is 9.95. The first-order chi connectivity index (χ1) is 16.5. The number of carbonyl (C=O) groups excluding carboxylic acids is 2. The summed E-state index contributed by atoms with van der Waals surface area (Å²) in [6.45, 7) is 0.184. The summed E-state index contributed by atoms with van der Waals surface area (Å²) in [5, 5.41) is 15.0. The van der Waals surface area contributed by atoms with Gasteiger partial charge in [0, 0.05) is 12.0 Å². The van der Waals surface area contributed by atoms with Gasteiger partial charge in [-0.15, -0.1) is 0 Å². The fraction of sp³-hybridized carbons (Fsp3) is 0.370. The summed E-state index contributed by atoms with van der Waals surface area (Å²) in [6.07, 6.45) is 5.75. The van der Waals surface area contributed by atoms with Crippen LogP contribution in [0.5, 0.6) is 0 Å². The van der Waals surface area contributed by atoms with Crippen LogP contribution < -0.4 is 10.6 Å². The fourth-order valence-corrected chi connectivity index (χ4v) is 5.51. The van der Waals surface area contributed by atoms with Crippen LogP contribution in [0.2, 0.25) is 0 Å². The molecule has 2 aromatic rings. The lowest BCUT2D eigenvalue weighted by Crippen LogP contribution is -2.58. The number of alkyl carbamates (subject to hydrolysis) is 1. The Labute approximate surface area is 198 Å². The maximum atomic E-state index is 13.2. The van der Waals surface area contributed by atoms with Gasteiger partial charge < -0.3 is 20.5 Å². The van der Waals surface area contributed by atoms with E-state index in [1.54, 1.807) is 12.2 Å². The van der Waals surface area contributed by atoms with Crippen LogP contribution in [0.15, 0.2) is 60.7 Å². The Morgan fingerprint density at radius 3 is 2.15 bits per heavy atom. The van der Waals surface area contributed by atoms with Gasteiger partial charge in [-0.1, -0.05) is 73.5 Å². The van der Waals surface area contributed by atoms with Crippen molar-refractivity contribution in [1.29, 1.82) is 0 Å². The van der Waals surface area contributed by atoms with E-state index in [0.29, 0.717) is 19.3 Å². The zero-order valence-electron chi connectivity index (χ0n) is 18.8. The first-order valence-corrected chi connectivity index (χ1v) is 11.8. The van der Waals surface area contributed by atoms with Crippen LogP contribution in [0.3, 0.4) is 0 Å². The summed E-state index contributed by atoms with van der Waals surface area (Å²) in [5.74, 6) is -1.83. The highest BCUT2D eigenvalue weighted by Crippen LogP contribution is 2.44. The van der Waals surface area contributed by atoms with Crippen molar-refractivity contribution in [2.24, 2.45) is 5.92 Å². The molecule has 2 atom stereocenters. The maximum absolute atomic E-state index is 13.2. The molecule has 3 aliphatic carbocycles. The Balaban J connectivity index is 1.24. The standard InChI is InChI=1S/C27H28N2O5/c30-24(31)17-11-12-18(15-17)28-25(32)27(13-5-6-14-27)29-26(33)34-16-23-21-9-3-1-7-19(21)20-8-2-4-10-22(20)23/h1-4,7-12,17-18,23H,5-6,13-16H2,(H,28,32)(H,29,33)(H,30,31). The number of carboxylic acids is 1. The van der Waals surface area contributed by atoms with E-state index in [1.165, 1.54) is 0 Å². The molecule has 5 rings (SSSR count). The molecule has 0 heterocycles. The van der Waals surface area contributed by atoms with Crippen molar-refractivity contribution in [3.8, 4) is 11.1 Å². The molecule has 176 valence electrons. The molecule has 1 fully saturated rings. The summed E-state index contributed by atoms with van der Waals surface area (Å²) in [6, 6.07) is 15.9. The van der Waals surface area contributed by atoms with Gasteiger partial charge in [0.15, 0.2) is 0 Å². The second kappa shape index (κ2) is 8.97. The summed E-state index contributed by atoms with van der Waals surface area (Å²) in [4.78, 5) is 37.2. The van der Waals surface area contributed by atoms with E-state index < -0.39 is 23.5 Å². The number of aliphatic carboxylic acids is 1. The van der Waals surface area contributed by atoms with Crippen molar-refractivity contribution in [2.75, 3.05) is 6.61 Å². The summed E-state index contributed by atoms with van der Waals surface area (Å²) in [5.41, 5.74) is 3.54. The molecule has 0 bridgehead atoms. The summed E-state index contributed by atoms with van der Waals surface area (Å²) < 4.78 is 5.67. The number of rotatable bonds is 6. The van der Waals surface area contributed by atoms with E-state index >= 15 is 0 Å². The third-order valence-corrected chi connectivity index (χ3v) is 7.29. The van der Waals surface area contributed by atoms with Crippen molar-refractivity contribution < 1.29 is 24.2 Å². The van der Waals surface area contributed by atoms with E-state index in [0.717, 1.165) is 35.1 Å². The molecule has 3 aliphatic rings. The number of nitrogens with one attached hydrogen (secondary N) is 2. The van der Waals surface area contributed by atoms with Crippen molar-refractivity contribution in [3.05, 3.63) is 71.8 Å². The topological polar surface area (TPSA) is 105 Å². The molecule has 0 aromatic heterocycles. The lowest BCUT2D eigenvalue weighted by molar-refractivity contribution is -0.140. The van der Waals surface area contributed by atoms with Gasteiger partial charge in [0.1, 0.15) is 12.1 Å². The Hall–Kier alpha value is -3.61. The van der Waals surface area contributed by atoms with Gasteiger partial charge in [0.05, 0.1) is 5.92 Å². The largest absolute Gasteiger partial charge is 0.481 e. The van der Waals surface area contributed by atoms with Gasteiger partial charge in [-0.25, -0.2) is 4.79 Å². The van der Waals surface area contributed by atoms with Gasteiger partial charge >= 0.3 is 12.1 Å². The Morgan fingerprint density at radius 1 is 0.941 bits per heavy atom. The van der Waals surface area contributed by atoms with E-state index in [1.807, 2.05) is 24.3 Å². The van der Waals surface area contributed by atoms with Crippen LogP contribution in [0.1, 0.15) is 49.1 Å². The zero-order chi connectivity index (χ0) is 23.7. The van der Waals surface area contributed by atoms with E-state index in [2.05, 4.69) is 34.9 Å². The van der Waals surface area contributed by atoms with E-state index in [4.69, 9.17) is 4.74 Å². The summed E-state index contributed by atoms with van der Waals surface area (Å²) in [7, 11) is 0. The van der Waals surface area contributed by atoms with Crippen molar-refractivity contribution in [3.63, 3.8) is 0 Å². The van der Waals surface area contributed by atoms with Crippen LogP contribution in [-0.4, -0.2) is 41.3 Å². The monoisotopic (exact) mass is 460 g/mol. The van der Waals surface area contributed by atoms with Crippen LogP contribution in [0.25, 0.3) is 11.1 Å². The number of carboxylic acid groups (broad SMARTS) is 1. The first kappa shape index (κ1) is 22.2. The molecule has 0 saturated heterocycles. The highest BCUT2D eigenvalue weighted by molar-refractivity contribution is 5.91. The van der Waals surface area contributed by atoms with Gasteiger partial charge in [0.2, 0.25) is 5.91 Å².